The summed E-state index contributed by atoms with van der Waals surface area (Å²) in [5, 5.41) is 9.24. The van der Waals surface area contributed by atoms with Gasteiger partial charge in [-0.2, -0.15) is 0 Å². The summed E-state index contributed by atoms with van der Waals surface area (Å²) in [6.45, 7) is -0.115. The number of rotatable bonds is 3. The summed E-state index contributed by atoms with van der Waals surface area (Å²) in [7, 11) is 1.58. The predicted octanol–water partition coefficient (Wildman–Crippen LogP) is -0.586. The van der Waals surface area contributed by atoms with Crippen LogP contribution in [0.25, 0.3) is 11.2 Å². The lowest BCUT2D eigenvalue weighted by Gasteiger charge is -2.14. The molecule has 0 bridgehead atoms. The molecule has 1 fully saturated rings. The molecule has 8 nitrogen and oxygen atoms in total. The van der Waals surface area contributed by atoms with Crippen molar-refractivity contribution in [1.82, 2.24) is 19.5 Å². The normalized spacial score (nSPS) is 27.2. The number of hydrogen-bond donors (Lipinski definition) is 2. The van der Waals surface area contributed by atoms with E-state index in [1.807, 2.05) is 0 Å². The quantitative estimate of drug-likeness (QED) is 0.770. The fourth-order valence-electron chi connectivity index (χ4n) is 2.36. The first-order valence-electron chi connectivity index (χ1n) is 5.94. The molecular weight excluding hydrogens is 252 g/mol. The van der Waals surface area contributed by atoms with Crippen molar-refractivity contribution in [3.63, 3.8) is 0 Å². The largest absolute Gasteiger partial charge is 0.394 e. The molecule has 102 valence electrons. The first-order chi connectivity index (χ1) is 9.24. The van der Waals surface area contributed by atoms with E-state index in [0.29, 0.717) is 12.1 Å². The molecule has 0 unspecified atom stereocenters. The summed E-state index contributed by atoms with van der Waals surface area (Å²) in [6, 6.07) is 0. The van der Waals surface area contributed by atoms with Gasteiger partial charge in [-0.05, 0) is 0 Å². The molecule has 2 N–H and O–H groups in total. The third-order valence-corrected chi connectivity index (χ3v) is 3.34. The van der Waals surface area contributed by atoms with Crippen molar-refractivity contribution in [3.8, 4) is 0 Å². The summed E-state index contributed by atoms with van der Waals surface area (Å²) in [4.78, 5) is 22.2. The van der Waals surface area contributed by atoms with Crippen LogP contribution in [0.4, 0.5) is 0 Å². The van der Waals surface area contributed by atoms with Crippen LogP contribution in [-0.2, 0) is 9.47 Å². The van der Waals surface area contributed by atoms with Crippen molar-refractivity contribution in [2.75, 3.05) is 13.7 Å². The van der Waals surface area contributed by atoms with Crippen LogP contribution in [0.5, 0.6) is 0 Å². The Kier molecular flexibility index (Phi) is 3.05. The third-order valence-electron chi connectivity index (χ3n) is 3.34. The van der Waals surface area contributed by atoms with Crippen LogP contribution >= 0.6 is 0 Å². The predicted molar refractivity (Wildman–Crippen MR) is 64.6 cm³/mol. The maximum Gasteiger partial charge on any atom is 0.278 e. The van der Waals surface area contributed by atoms with Gasteiger partial charge in [0.1, 0.15) is 12.3 Å². The van der Waals surface area contributed by atoms with E-state index in [2.05, 4.69) is 15.0 Å². The number of aliphatic hydroxyl groups is 1. The second-order valence-electron chi connectivity index (χ2n) is 4.38. The van der Waals surface area contributed by atoms with Gasteiger partial charge in [0.25, 0.3) is 5.56 Å². The summed E-state index contributed by atoms with van der Waals surface area (Å²) in [5.74, 6) is 0. The Balaban J connectivity index is 1.98. The highest BCUT2D eigenvalue weighted by atomic mass is 16.6. The summed E-state index contributed by atoms with van der Waals surface area (Å²) >= 11 is 0. The fourth-order valence-corrected chi connectivity index (χ4v) is 2.36. The van der Waals surface area contributed by atoms with E-state index in [-0.39, 0.29) is 36.1 Å². The molecule has 1 aliphatic heterocycles. The van der Waals surface area contributed by atoms with Gasteiger partial charge in [0.15, 0.2) is 11.2 Å². The van der Waals surface area contributed by atoms with Gasteiger partial charge in [-0.3, -0.25) is 9.36 Å². The van der Waals surface area contributed by atoms with Gasteiger partial charge in [0, 0.05) is 13.5 Å². The van der Waals surface area contributed by atoms with E-state index in [1.165, 1.54) is 12.7 Å². The van der Waals surface area contributed by atoms with Crippen molar-refractivity contribution in [3.05, 3.63) is 23.0 Å². The lowest BCUT2D eigenvalue weighted by Crippen LogP contribution is -2.26. The summed E-state index contributed by atoms with van der Waals surface area (Å²) in [6.07, 6.45) is 2.51. The molecule has 3 heterocycles. The third kappa shape index (κ3) is 1.93. The van der Waals surface area contributed by atoms with Crippen LogP contribution in [-0.4, -0.2) is 50.6 Å². The first-order valence-corrected chi connectivity index (χ1v) is 5.94. The Hall–Kier alpha value is -1.77. The van der Waals surface area contributed by atoms with Crippen LogP contribution < -0.4 is 5.56 Å². The lowest BCUT2D eigenvalue weighted by molar-refractivity contribution is -0.0512. The molecule has 2 aromatic rings. The standard InChI is InChI=1S/C11H14N4O4/c1-18-6-2-8(19-7(6)3-16)15-5-14-9-10(15)12-4-13-11(9)17/h4-8,16H,2-3H2,1H3,(H,12,13,17)/t6-,7+,8+/m0/s1. The molecule has 8 heteroatoms. The molecule has 0 aliphatic carbocycles. The zero-order chi connectivity index (χ0) is 13.4. The number of aromatic amines is 1. The van der Waals surface area contributed by atoms with Gasteiger partial charge < -0.3 is 19.6 Å². The minimum Gasteiger partial charge on any atom is -0.394 e. The second-order valence-corrected chi connectivity index (χ2v) is 4.38. The highest BCUT2D eigenvalue weighted by Crippen LogP contribution is 2.31. The Morgan fingerprint density at radius 3 is 3.16 bits per heavy atom. The van der Waals surface area contributed by atoms with Crippen molar-refractivity contribution in [1.29, 1.82) is 0 Å². The van der Waals surface area contributed by atoms with E-state index in [1.54, 1.807) is 11.7 Å². The number of hydrogen-bond acceptors (Lipinski definition) is 6. The molecule has 0 saturated carbocycles. The molecule has 0 aromatic carbocycles. The number of nitrogens with zero attached hydrogens (tertiary/aromatic N) is 3. The van der Waals surface area contributed by atoms with Gasteiger partial charge in [0.05, 0.1) is 25.4 Å². The molecule has 0 amide bonds. The van der Waals surface area contributed by atoms with Crippen LogP contribution in [0.3, 0.4) is 0 Å². The van der Waals surface area contributed by atoms with Crippen molar-refractivity contribution in [2.45, 2.75) is 24.9 Å². The van der Waals surface area contributed by atoms with Crippen LogP contribution in [0, 0.1) is 0 Å². The van der Waals surface area contributed by atoms with Crippen LogP contribution in [0.1, 0.15) is 12.6 Å². The molecule has 0 radical (unpaired) electrons. The average Bonchev–Trinajstić information content (AvgIpc) is 3.02. The number of H-pyrrole nitrogens is 1. The van der Waals surface area contributed by atoms with E-state index in [0.717, 1.165) is 0 Å². The number of aliphatic hydroxyl groups excluding tert-OH is 1. The molecule has 3 atom stereocenters. The second kappa shape index (κ2) is 4.72. The number of ether oxygens (including phenoxy) is 2. The molecule has 1 saturated heterocycles. The van der Waals surface area contributed by atoms with E-state index in [9.17, 15) is 9.90 Å². The Morgan fingerprint density at radius 1 is 1.63 bits per heavy atom. The molecule has 19 heavy (non-hydrogen) atoms. The first kappa shape index (κ1) is 12.3. The van der Waals surface area contributed by atoms with E-state index >= 15 is 0 Å². The number of imidazole rings is 1. The minimum absolute atomic E-state index is 0.115. The maximum atomic E-state index is 11.6. The van der Waals surface area contributed by atoms with Gasteiger partial charge in [0.2, 0.25) is 0 Å². The van der Waals surface area contributed by atoms with E-state index in [4.69, 9.17) is 9.47 Å². The number of aromatic nitrogens is 4. The number of fused-ring (bicyclic) bond motifs is 1. The van der Waals surface area contributed by atoms with E-state index < -0.39 is 0 Å². The Morgan fingerprint density at radius 2 is 2.47 bits per heavy atom. The molecule has 1 aliphatic rings. The fraction of sp³-hybridized carbons (Fsp3) is 0.545. The van der Waals surface area contributed by atoms with Crippen molar-refractivity contribution < 1.29 is 14.6 Å². The molecule has 0 spiro atoms. The Bertz CT molecular complexity index is 625. The maximum absolute atomic E-state index is 11.6. The molecular formula is C11H14N4O4. The summed E-state index contributed by atoms with van der Waals surface area (Å²) in [5.41, 5.74) is 0.443. The zero-order valence-corrected chi connectivity index (χ0v) is 10.3. The monoisotopic (exact) mass is 266 g/mol. The van der Waals surface area contributed by atoms with Gasteiger partial charge >= 0.3 is 0 Å². The van der Waals surface area contributed by atoms with Gasteiger partial charge in [-0.15, -0.1) is 0 Å². The average molecular weight is 266 g/mol. The topological polar surface area (TPSA) is 102 Å². The lowest BCUT2D eigenvalue weighted by atomic mass is 10.2. The minimum atomic E-state index is -0.380. The number of nitrogens with one attached hydrogen (secondary N) is 1. The van der Waals surface area contributed by atoms with Gasteiger partial charge in [-0.1, -0.05) is 0 Å². The SMILES string of the molecule is CO[C@H]1C[C@H](n2cnc3c(=O)[nH]cnc32)O[C@@H]1CO. The van der Waals surface area contributed by atoms with Crippen LogP contribution in [0.15, 0.2) is 17.4 Å². The van der Waals surface area contributed by atoms with Crippen LogP contribution in [0.2, 0.25) is 0 Å². The highest BCUT2D eigenvalue weighted by molar-refractivity contribution is 5.68. The summed E-state index contributed by atoms with van der Waals surface area (Å²) < 4.78 is 12.7. The zero-order valence-electron chi connectivity index (χ0n) is 10.3. The smallest absolute Gasteiger partial charge is 0.278 e. The highest BCUT2D eigenvalue weighted by Gasteiger charge is 2.36. The Labute approximate surface area is 108 Å². The number of methoxy groups -OCH3 is 1. The van der Waals surface area contributed by atoms with Crippen molar-refractivity contribution >= 4 is 11.2 Å². The van der Waals surface area contributed by atoms with Gasteiger partial charge in [-0.25, -0.2) is 9.97 Å². The molecule has 2 aromatic heterocycles. The van der Waals surface area contributed by atoms with Crippen molar-refractivity contribution in [2.24, 2.45) is 0 Å². The molecule has 3 rings (SSSR count).